The number of carbonyl (C=O) groups excluding carboxylic acids is 1. The van der Waals surface area contributed by atoms with Gasteiger partial charge in [0, 0.05) is 22.3 Å². The predicted octanol–water partition coefficient (Wildman–Crippen LogP) is 5.05. The highest BCUT2D eigenvalue weighted by atomic mass is 32.2. The number of anilines is 1. The van der Waals surface area contributed by atoms with Crippen molar-refractivity contribution in [1.29, 1.82) is 0 Å². The van der Waals surface area contributed by atoms with E-state index in [1.165, 1.54) is 11.8 Å². The summed E-state index contributed by atoms with van der Waals surface area (Å²) in [5.41, 5.74) is 2.99. The number of para-hydroxylation sites is 1. The third kappa shape index (κ3) is 4.10. The molecule has 0 unspecified atom stereocenters. The Morgan fingerprint density at radius 1 is 1.21 bits per heavy atom. The molecule has 0 spiro atoms. The van der Waals surface area contributed by atoms with Crippen LogP contribution in [0.3, 0.4) is 0 Å². The van der Waals surface area contributed by atoms with E-state index < -0.39 is 0 Å². The van der Waals surface area contributed by atoms with E-state index in [1.807, 2.05) is 66.1 Å². The predicted molar refractivity (Wildman–Crippen MR) is 114 cm³/mol. The Hall–Kier alpha value is -2.25. The molecule has 0 saturated carbocycles. The zero-order valence-corrected chi connectivity index (χ0v) is 17.4. The van der Waals surface area contributed by atoms with Crippen LogP contribution in [-0.4, -0.2) is 33.7 Å². The van der Waals surface area contributed by atoms with E-state index >= 15 is 0 Å². The number of aromatic nitrogens is 2. The van der Waals surface area contributed by atoms with E-state index in [1.54, 1.807) is 0 Å². The van der Waals surface area contributed by atoms with E-state index in [0.29, 0.717) is 16.4 Å². The van der Waals surface area contributed by atoms with Crippen LogP contribution in [-0.2, 0) is 4.79 Å². The van der Waals surface area contributed by atoms with Crippen molar-refractivity contribution in [3.05, 3.63) is 54.1 Å². The van der Waals surface area contributed by atoms with Crippen molar-refractivity contribution in [2.24, 2.45) is 0 Å². The van der Waals surface area contributed by atoms with Crippen molar-refractivity contribution in [3.63, 3.8) is 0 Å². The van der Waals surface area contributed by atoms with E-state index in [0.717, 1.165) is 34.7 Å². The smallest absolute Gasteiger partial charge is 0.277 e. The van der Waals surface area contributed by atoms with Crippen molar-refractivity contribution >= 4 is 35.1 Å². The van der Waals surface area contributed by atoms with Gasteiger partial charge in [-0.25, -0.2) is 0 Å². The Kier molecular flexibility index (Phi) is 5.73. The zero-order chi connectivity index (χ0) is 19.5. The molecule has 2 heterocycles. The Bertz CT molecular complexity index is 989. The van der Waals surface area contributed by atoms with Crippen LogP contribution >= 0.6 is 23.5 Å². The second-order valence-corrected chi connectivity index (χ2v) is 9.11. The molecule has 0 saturated heterocycles. The van der Waals surface area contributed by atoms with Crippen LogP contribution < -0.4 is 4.90 Å². The van der Waals surface area contributed by atoms with Gasteiger partial charge < -0.3 is 9.32 Å². The average molecular weight is 412 g/mol. The summed E-state index contributed by atoms with van der Waals surface area (Å²) in [5.74, 6) is 0.809. The number of nitrogens with zero attached hydrogens (tertiary/aromatic N) is 3. The van der Waals surface area contributed by atoms with Crippen molar-refractivity contribution in [1.82, 2.24) is 10.2 Å². The van der Waals surface area contributed by atoms with Crippen LogP contribution in [0, 0.1) is 6.92 Å². The lowest BCUT2D eigenvalue weighted by Crippen LogP contribution is -2.33. The van der Waals surface area contributed by atoms with Gasteiger partial charge in [-0.05, 0) is 37.1 Å². The molecule has 3 aromatic rings. The summed E-state index contributed by atoms with van der Waals surface area (Å²) >= 11 is 3.12. The minimum Gasteiger partial charge on any atom is -0.411 e. The van der Waals surface area contributed by atoms with Gasteiger partial charge in [-0.3, -0.25) is 4.79 Å². The Morgan fingerprint density at radius 3 is 2.86 bits per heavy atom. The largest absolute Gasteiger partial charge is 0.411 e. The lowest BCUT2D eigenvalue weighted by Gasteiger charge is -2.22. The third-order valence-electron chi connectivity index (χ3n) is 4.65. The highest BCUT2D eigenvalue weighted by molar-refractivity contribution is 8.00. The second kappa shape index (κ2) is 8.41. The molecule has 1 aromatic heterocycles. The molecular formula is C21H21N3O2S2. The maximum Gasteiger partial charge on any atom is 0.277 e. The summed E-state index contributed by atoms with van der Waals surface area (Å²) in [6.07, 6.45) is 0.966. The lowest BCUT2D eigenvalue weighted by atomic mass is 10.1. The molecule has 0 radical (unpaired) electrons. The summed E-state index contributed by atoms with van der Waals surface area (Å²) in [5, 5.41) is 9.13. The summed E-state index contributed by atoms with van der Waals surface area (Å²) in [6, 6.07) is 16.0. The molecule has 0 bridgehead atoms. The minimum absolute atomic E-state index is 0.0581. The van der Waals surface area contributed by atoms with Gasteiger partial charge in [0.2, 0.25) is 11.8 Å². The SMILES string of the molecule is Cc1ccccc1-c1nnc(SCC(=O)N2CC[C@@H](C)Sc3ccccc32)o1. The summed E-state index contributed by atoms with van der Waals surface area (Å²) in [6.45, 7) is 4.93. The van der Waals surface area contributed by atoms with Crippen LogP contribution in [0.5, 0.6) is 0 Å². The first-order chi connectivity index (χ1) is 13.6. The molecule has 1 aliphatic rings. The average Bonchev–Trinajstić information content (AvgIpc) is 3.09. The van der Waals surface area contributed by atoms with Crippen LogP contribution in [0.25, 0.3) is 11.5 Å². The molecule has 1 aliphatic heterocycles. The van der Waals surface area contributed by atoms with Crippen LogP contribution in [0.4, 0.5) is 5.69 Å². The van der Waals surface area contributed by atoms with Gasteiger partial charge in [-0.1, -0.05) is 49.0 Å². The van der Waals surface area contributed by atoms with E-state index in [2.05, 4.69) is 23.2 Å². The Balaban J connectivity index is 1.46. The quantitative estimate of drug-likeness (QED) is 0.560. The maximum atomic E-state index is 12.9. The fourth-order valence-corrected chi connectivity index (χ4v) is 4.89. The van der Waals surface area contributed by atoms with Gasteiger partial charge in [-0.15, -0.1) is 22.0 Å². The number of amides is 1. The highest BCUT2D eigenvalue weighted by Gasteiger charge is 2.24. The van der Waals surface area contributed by atoms with E-state index in [-0.39, 0.29) is 11.7 Å². The molecule has 0 N–H and O–H groups in total. The fourth-order valence-electron chi connectivity index (χ4n) is 3.14. The third-order valence-corrected chi connectivity index (χ3v) is 6.69. The maximum absolute atomic E-state index is 12.9. The van der Waals surface area contributed by atoms with E-state index in [9.17, 15) is 4.79 Å². The molecule has 5 nitrogen and oxygen atoms in total. The Morgan fingerprint density at radius 2 is 2.00 bits per heavy atom. The topological polar surface area (TPSA) is 59.2 Å². The normalized spacial score (nSPS) is 16.5. The molecule has 1 amide bonds. The number of carbonyl (C=O) groups is 1. The van der Waals surface area contributed by atoms with Crippen molar-refractivity contribution in [2.45, 2.75) is 35.6 Å². The molecule has 4 rings (SSSR count). The Labute approximate surface area is 172 Å². The van der Waals surface area contributed by atoms with Gasteiger partial charge in [0.05, 0.1) is 11.4 Å². The fraction of sp³-hybridized carbons (Fsp3) is 0.286. The molecule has 7 heteroatoms. The van der Waals surface area contributed by atoms with Crippen LogP contribution in [0.2, 0.25) is 0 Å². The number of benzene rings is 2. The van der Waals surface area contributed by atoms with Gasteiger partial charge in [0.25, 0.3) is 5.22 Å². The summed E-state index contributed by atoms with van der Waals surface area (Å²) < 4.78 is 5.77. The second-order valence-electron chi connectivity index (χ2n) is 6.71. The number of rotatable bonds is 4. The number of aryl methyl sites for hydroxylation is 1. The first kappa shape index (κ1) is 19.1. The standard InChI is InChI=1S/C21H21N3O2S2/c1-14-7-3-4-8-16(14)20-22-23-21(26-20)27-13-19(25)24-12-11-15(2)28-18-10-6-5-9-17(18)24/h3-10,15H,11-13H2,1-2H3/t15-/m1/s1. The van der Waals surface area contributed by atoms with Crippen molar-refractivity contribution in [2.75, 3.05) is 17.2 Å². The molecule has 2 aromatic carbocycles. The van der Waals surface area contributed by atoms with Crippen molar-refractivity contribution in [3.8, 4) is 11.5 Å². The lowest BCUT2D eigenvalue weighted by molar-refractivity contribution is -0.116. The number of hydrogen-bond acceptors (Lipinski definition) is 6. The van der Waals surface area contributed by atoms with E-state index in [4.69, 9.17) is 4.42 Å². The van der Waals surface area contributed by atoms with Gasteiger partial charge in [-0.2, -0.15) is 0 Å². The molecule has 0 aliphatic carbocycles. The van der Waals surface area contributed by atoms with Crippen LogP contribution in [0.15, 0.2) is 63.1 Å². The highest BCUT2D eigenvalue weighted by Crippen LogP contribution is 2.37. The van der Waals surface area contributed by atoms with Gasteiger partial charge in [0.1, 0.15) is 0 Å². The zero-order valence-electron chi connectivity index (χ0n) is 15.8. The number of fused-ring (bicyclic) bond motifs is 1. The number of thioether (sulfide) groups is 2. The molecule has 0 fully saturated rings. The number of hydrogen-bond donors (Lipinski definition) is 0. The molecule has 144 valence electrons. The van der Waals surface area contributed by atoms with Crippen molar-refractivity contribution < 1.29 is 9.21 Å². The van der Waals surface area contributed by atoms with Gasteiger partial charge in [0.15, 0.2) is 0 Å². The molecule has 28 heavy (non-hydrogen) atoms. The molecular weight excluding hydrogens is 390 g/mol. The first-order valence-corrected chi connectivity index (χ1v) is 11.1. The summed E-state index contributed by atoms with van der Waals surface area (Å²) in [7, 11) is 0. The summed E-state index contributed by atoms with van der Waals surface area (Å²) in [4.78, 5) is 16.0. The van der Waals surface area contributed by atoms with Gasteiger partial charge >= 0.3 is 0 Å². The monoisotopic (exact) mass is 411 g/mol. The first-order valence-electron chi connectivity index (χ1n) is 9.20. The van der Waals surface area contributed by atoms with Crippen LogP contribution in [0.1, 0.15) is 18.9 Å². The minimum atomic E-state index is 0.0581. The molecule has 1 atom stereocenters.